The molecule has 3 amide bonds. The number of fused-ring (bicyclic) bond motifs is 1. The largest absolute Gasteiger partial charge is 0.452 e. The summed E-state index contributed by atoms with van der Waals surface area (Å²) >= 11 is 2.46. The van der Waals surface area contributed by atoms with Gasteiger partial charge in [0.15, 0.2) is 16.9 Å². The van der Waals surface area contributed by atoms with E-state index < -0.39 is 34.8 Å². The molecule has 4 heterocycles. The van der Waals surface area contributed by atoms with Crippen LogP contribution in [0.15, 0.2) is 95.6 Å². The van der Waals surface area contributed by atoms with E-state index in [0.717, 1.165) is 22.5 Å². The Bertz CT molecular complexity index is 1800. The molecular weight excluding hydrogens is 655 g/mol. The molecule has 0 bridgehead atoms. The maximum Gasteiger partial charge on any atom is 0.319 e. The third-order valence-electron chi connectivity index (χ3n) is 7.72. The highest BCUT2D eigenvalue weighted by Gasteiger charge is 2.57. The van der Waals surface area contributed by atoms with Crippen LogP contribution in [0.5, 0.6) is 0 Å². The van der Waals surface area contributed by atoms with Crippen LogP contribution in [0.3, 0.4) is 0 Å². The SMILES string of the molecule is CON=C(C(=O)NC1C(=O)N2CC(C=Cc3cccnn3)(C(=O)OC(c3ccccc3)c3ccccc3)CS[C@H]12)c1csc(NC=O)n1. The minimum absolute atomic E-state index is 0.0214. The summed E-state index contributed by atoms with van der Waals surface area (Å²) in [6.45, 7) is 0.0214. The van der Waals surface area contributed by atoms with Crippen LogP contribution in [-0.4, -0.2) is 80.8 Å². The molecule has 4 aromatic rings. The summed E-state index contributed by atoms with van der Waals surface area (Å²) in [5, 5.41) is 18.4. The molecule has 0 spiro atoms. The maximum atomic E-state index is 14.3. The summed E-state index contributed by atoms with van der Waals surface area (Å²) in [6, 6.07) is 21.5. The van der Waals surface area contributed by atoms with Crippen molar-refractivity contribution in [2.75, 3.05) is 24.7 Å². The molecule has 0 saturated carbocycles. The Balaban J connectivity index is 1.24. The van der Waals surface area contributed by atoms with Gasteiger partial charge in [-0.15, -0.1) is 23.1 Å². The molecule has 2 N–H and O–H groups in total. The Morgan fingerprint density at radius 2 is 1.81 bits per heavy atom. The Morgan fingerprint density at radius 1 is 1.08 bits per heavy atom. The van der Waals surface area contributed by atoms with E-state index in [0.29, 0.717) is 12.1 Å². The summed E-state index contributed by atoms with van der Waals surface area (Å²) in [5.41, 5.74) is 0.923. The van der Waals surface area contributed by atoms with E-state index in [9.17, 15) is 19.2 Å². The standard InChI is InChI=1S/C33H29N7O6S2/c1-45-39-25(24-17-47-32(36-24)34-20-41)28(42)37-26-29(43)40-18-33(19-48-30(26)40,15-14-23-13-8-16-35-38-23)31(44)46-27(21-9-4-2-5-10-21)22-11-6-3-7-12-22/h2-17,20,26-27,30H,18-19H2,1H3,(H,37,42)(H,34,36,41)/t26?,30-,33?/m1/s1. The number of nitrogens with zero attached hydrogens (tertiary/aromatic N) is 5. The van der Waals surface area contributed by atoms with Crippen LogP contribution >= 0.6 is 23.1 Å². The van der Waals surface area contributed by atoms with Crippen molar-refractivity contribution in [3.63, 3.8) is 0 Å². The monoisotopic (exact) mass is 683 g/mol. The summed E-state index contributed by atoms with van der Waals surface area (Å²) in [4.78, 5) is 62.5. The second kappa shape index (κ2) is 14.6. The first kappa shape index (κ1) is 32.5. The first-order valence-corrected chi connectivity index (χ1v) is 16.6. The lowest BCUT2D eigenvalue weighted by atomic mass is 9.86. The van der Waals surface area contributed by atoms with Crippen LogP contribution < -0.4 is 10.6 Å². The predicted octanol–water partition coefficient (Wildman–Crippen LogP) is 3.28. The molecule has 13 nitrogen and oxygen atoms in total. The number of oxime groups is 1. The third kappa shape index (κ3) is 6.82. The minimum Gasteiger partial charge on any atom is -0.452 e. The minimum atomic E-state index is -1.24. The molecule has 2 unspecified atom stereocenters. The van der Waals surface area contributed by atoms with Gasteiger partial charge in [-0.05, 0) is 29.3 Å². The van der Waals surface area contributed by atoms with Gasteiger partial charge in [0.1, 0.15) is 29.6 Å². The number of ether oxygens (including phenoxy) is 1. The highest BCUT2D eigenvalue weighted by atomic mass is 32.2. The first-order chi connectivity index (χ1) is 23.4. The topological polar surface area (TPSA) is 165 Å². The average molecular weight is 684 g/mol. The Hall–Kier alpha value is -5.41. The molecule has 2 aromatic carbocycles. The fraction of sp³-hybridized carbons (Fsp3) is 0.212. The van der Waals surface area contributed by atoms with E-state index in [1.807, 2.05) is 60.7 Å². The van der Waals surface area contributed by atoms with Gasteiger partial charge in [0.05, 0.1) is 5.69 Å². The van der Waals surface area contributed by atoms with Crippen LogP contribution in [0.25, 0.3) is 6.08 Å². The summed E-state index contributed by atoms with van der Waals surface area (Å²) < 4.78 is 6.31. The number of nitrogens with one attached hydrogen (secondary N) is 2. The zero-order valence-electron chi connectivity index (χ0n) is 25.5. The lowest BCUT2D eigenvalue weighted by Gasteiger charge is -2.53. The summed E-state index contributed by atoms with van der Waals surface area (Å²) in [5.74, 6) is -1.30. The van der Waals surface area contributed by atoms with E-state index in [2.05, 4.69) is 31.0 Å². The number of rotatable bonds is 12. The number of carbonyl (C=O) groups excluding carboxylic acids is 4. The smallest absolute Gasteiger partial charge is 0.319 e. The van der Waals surface area contributed by atoms with Crippen LogP contribution in [0.1, 0.15) is 28.6 Å². The Kier molecular flexibility index (Phi) is 9.87. The molecule has 244 valence electrons. The first-order valence-electron chi connectivity index (χ1n) is 14.7. The van der Waals surface area contributed by atoms with Crippen LogP contribution in [-0.2, 0) is 28.8 Å². The van der Waals surface area contributed by atoms with Gasteiger partial charge >= 0.3 is 5.97 Å². The molecule has 0 radical (unpaired) electrons. The maximum absolute atomic E-state index is 14.3. The van der Waals surface area contributed by atoms with Crippen molar-refractivity contribution in [2.24, 2.45) is 10.6 Å². The zero-order valence-corrected chi connectivity index (χ0v) is 27.1. The van der Waals surface area contributed by atoms with Crippen molar-refractivity contribution in [1.82, 2.24) is 25.4 Å². The number of carbonyl (C=O) groups is 4. The molecule has 15 heteroatoms. The van der Waals surface area contributed by atoms with Gasteiger partial charge in [0.25, 0.3) is 5.91 Å². The van der Waals surface area contributed by atoms with Crippen LogP contribution in [0.4, 0.5) is 5.13 Å². The summed E-state index contributed by atoms with van der Waals surface area (Å²) in [6.07, 6.45) is 4.77. The summed E-state index contributed by atoms with van der Waals surface area (Å²) in [7, 11) is 1.28. The number of amides is 3. The molecule has 2 saturated heterocycles. The van der Waals surface area contributed by atoms with Gasteiger partial charge in [-0.25, -0.2) is 4.98 Å². The second-order valence-corrected chi connectivity index (χ2v) is 12.7. The van der Waals surface area contributed by atoms with Gasteiger partial charge in [0.2, 0.25) is 12.3 Å². The van der Waals surface area contributed by atoms with E-state index >= 15 is 0 Å². The predicted molar refractivity (Wildman–Crippen MR) is 180 cm³/mol. The second-order valence-electron chi connectivity index (χ2n) is 10.8. The van der Waals surface area contributed by atoms with E-state index in [4.69, 9.17) is 9.57 Å². The molecule has 2 aliphatic rings. The molecule has 2 aliphatic heterocycles. The van der Waals surface area contributed by atoms with Crippen molar-refractivity contribution in [3.05, 3.63) is 113 Å². The normalized spacial score (nSPS) is 20.5. The third-order valence-corrected chi connectivity index (χ3v) is 10.0. The Morgan fingerprint density at radius 3 is 2.46 bits per heavy atom. The van der Waals surface area contributed by atoms with Crippen molar-refractivity contribution in [1.29, 1.82) is 0 Å². The average Bonchev–Trinajstić information content (AvgIpc) is 3.60. The Labute approximate surface area is 283 Å². The molecular formula is C33H29N7O6S2. The number of β-lactam (4-membered cyclic amide) rings is 1. The molecule has 2 fully saturated rings. The highest BCUT2D eigenvalue weighted by molar-refractivity contribution is 8.00. The van der Waals surface area contributed by atoms with Gasteiger partial charge in [-0.2, -0.15) is 10.2 Å². The van der Waals surface area contributed by atoms with Gasteiger partial charge in [-0.3, -0.25) is 19.2 Å². The molecule has 6 rings (SSSR count). The fourth-order valence-electron chi connectivity index (χ4n) is 5.35. The number of aromatic nitrogens is 3. The van der Waals surface area contributed by atoms with E-state index in [1.165, 1.54) is 24.3 Å². The number of thioether (sulfide) groups is 1. The van der Waals surface area contributed by atoms with Gasteiger partial charge < -0.3 is 25.1 Å². The number of anilines is 1. The van der Waals surface area contributed by atoms with Crippen molar-refractivity contribution >= 4 is 64.2 Å². The van der Waals surface area contributed by atoms with E-state index in [-0.39, 0.29) is 34.7 Å². The van der Waals surface area contributed by atoms with Gasteiger partial charge in [-0.1, -0.05) is 71.9 Å². The molecule has 2 aromatic heterocycles. The number of benzene rings is 2. The number of hydrogen-bond acceptors (Lipinski definition) is 12. The number of esters is 1. The van der Waals surface area contributed by atoms with Crippen molar-refractivity contribution in [2.45, 2.75) is 17.5 Å². The number of thiazole rings is 1. The van der Waals surface area contributed by atoms with E-state index in [1.54, 1.807) is 35.4 Å². The van der Waals surface area contributed by atoms with Crippen molar-refractivity contribution in [3.8, 4) is 0 Å². The molecule has 3 atom stereocenters. The quantitative estimate of drug-likeness (QED) is 0.0745. The van der Waals surface area contributed by atoms with Gasteiger partial charge in [0, 0.05) is 23.9 Å². The van der Waals surface area contributed by atoms with Crippen molar-refractivity contribution < 1.29 is 28.8 Å². The molecule has 48 heavy (non-hydrogen) atoms. The van der Waals surface area contributed by atoms with Crippen LogP contribution in [0, 0.1) is 5.41 Å². The highest BCUT2D eigenvalue weighted by Crippen LogP contribution is 2.45. The zero-order chi connectivity index (χ0) is 33.5. The van der Waals surface area contributed by atoms with Crippen LogP contribution in [0.2, 0.25) is 0 Å². The fourth-order valence-corrected chi connectivity index (χ4v) is 7.51. The lowest BCUT2D eigenvalue weighted by molar-refractivity contribution is -0.162. The lowest BCUT2D eigenvalue weighted by Crippen LogP contribution is -2.74. The molecule has 0 aliphatic carbocycles. The number of hydrogen-bond donors (Lipinski definition) is 2.